The molecule has 0 atom stereocenters. The molecule has 0 aliphatic heterocycles. The van der Waals surface area contributed by atoms with Crippen molar-refractivity contribution in [1.29, 1.82) is 0 Å². The van der Waals surface area contributed by atoms with Gasteiger partial charge in [-0.3, -0.25) is 9.48 Å². The Morgan fingerprint density at radius 2 is 1.71 bits per heavy atom. The normalized spacial score (nSPS) is 11.0. The Balaban J connectivity index is 2.08. The first-order chi connectivity index (χ1) is 13.4. The highest BCUT2D eigenvalue weighted by Crippen LogP contribution is 2.18. The molecule has 0 spiro atoms. The maximum absolute atomic E-state index is 13.2. The van der Waals surface area contributed by atoms with Gasteiger partial charge in [0.15, 0.2) is 0 Å². The molecule has 7 nitrogen and oxygen atoms in total. The van der Waals surface area contributed by atoms with Gasteiger partial charge in [-0.2, -0.15) is 4.68 Å². The highest BCUT2D eigenvalue weighted by Gasteiger charge is 2.24. The first-order valence-corrected chi connectivity index (χ1v) is 9.20. The third kappa shape index (κ3) is 3.19. The van der Waals surface area contributed by atoms with Crippen molar-refractivity contribution >= 4 is 22.9 Å². The standard InChI is InChI=1S/C21H23N3O4/c1-4-14-9-6-7-10-15(14)13-23(5-2)21(28)24-19(25)16-11-8-12-17(20(26)27)18(16)22(24)3/h6-12H,4-5,13H2,1-3H3,(H,26,27). The fraction of sp³-hybridized carbons (Fsp3) is 0.286. The van der Waals surface area contributed by atoms with Gasteiger partial charge < -0.3 is 10.0 Å². The third-order valence-electron chi connectivity index (χ3n) is 5.01. The van der Waals surface area contributed by atoms with Crippen LogP contribution in [0, 0.1) is 0 Å². The van der Waals surface area contributed by atoms with Crippen LogP contribution in [0.15, 0.2) is 47.3 Å². The van der Waals surface area contributed by atoms with E-state index in [2.05, 4.69) is 6.92 Å². The van der Waals surface area contributed by atoms with Crippen molar-refractivity contribution in [1.82, 2.24) is 14.3 Å². The number of benzene rings is 2. The predicted molar refractivity (Wildman–Crippen MR) is 107 cm³/mol. The molecule has 0 aliphatic carbocycles. The van der Waals surface area contributed by atoms with Gasteiger partial charge in [0.1, 0.15) is 0 Å². The Kier molecular flexibility index (Phi) is 5.35. The number of nitrogens with zero attached hydrogens (tertiary/aromatic N) is 3. The number of aryl methyl sites for hydroxylation is 2. The minimum absolute atomic E-state index is 0.0111. The SMILES string of the molecule is CCc1ccccc1CN(CC)C(=O)n1c(=O)c2cccc(C(=O)O)c2n1C. The van der Waals surface area contributed by atoms with E-state index in [1.165, 1.54) is 29.9 Å². The average Bonchev–Trinajstić information content (AvgIpc) is 2.96. The number of carbonyl (C=O) groups is 2. The van der Waals surface area contributed by atoms with E-state index >= 15 is 0 Å². The van der Waals surface area contributed by atoms with Crippen molar-refractivity contribution in [2.24, 2.45) is 7.05 Å². The highest BCUT2D eigenvalue weighted by molar-refractivity contribution is 6.02. The Hall–Kier alpha value is -3.35. The fourth-order valence-corrected chi connectivity index (χ4v) is 3.51. The van der Waals surface area contributed by atoms with Crippen molar-refractivity contribution in [3.8, 4) is 0 Å². The molecule has 28 heavy (non-hydrogen) atoms. The zero-order chi connectivity index (χ0) is 20.4. The second-order valence-corrected chi connectivity index (χ2v) is 6.57. The van der Waals surface area contributed by atoms with Gasteiger partial charge >= 0.3 is 12.0 Å². The monoisotopic (exact) mass is 381 g/mol. The molecular weight excluding hydrogens is 358 g/mol. The van der Waals surface area contributed by atoms with E-state index in [1.807, 2.05) is 31.2 Å². The molecule has 0 aliphatic rings. The minimum Gasteiger partial charge on any atom is -0.478 e. The number of para-hydroxylation sites is 1. The summed E-state index contributed by atoms with van der Waals surface area (Å²) in [6, 6.07) is 11.9. The highest BCUT2D eigenvalue weighted by atomic mass is 16.4. The van der Waals surface area contributed by atoms with E-state index in [0.29, 0.717) is 13.1 Å². The number of amides is 1. The summed E-state index contributed by atoms with van der Waals surface area (Å²) in [5.74, 6) is -1.14. The zero-order valence-electron chi connectivity index (χ0n) is 16.2. The molecule has 0 radical (unpaired) electrons. The third-order valence-corrected chi connectivity index (χ3v) is 5.01. The number of carbonyl (C=O) groups excluding carboxylic acids is 1. The Morgan fingerprint density at radius 3 is 2.32 bits per heavy atom. The molecule has 1 amide bonds. The summed E-state index contributed by atoms with van der Waals surface area (Å²) in [7, 11) is 1.53. The summed E-state index contributed by atoms with van der Waals surface area (Å²) < 4.78 is 2.34. The smallest absolute Gasteiger partial charge is 0.346 e. The fourth-order valence-electron chi connectivity index (χ4n) is 3.51. The van der Waals surface area contributed by atoms with Gasteiger partial charge in [-0.15, -0.1) is 0 Å². The molecule has 0 saturated carbocycles. The van der Waals surface area contributed by atoms with Crippen LogP contribution in [0.2, 0.25) is 0 Å². The number of hydrogen-bond acceptors (Lipinski definition) is 3. The van der Waals surface area contributed by atoms with Crippen LogP contribution in [-0.4, -0.2) is 37.9 Å². The molecule has 3 rings (SSSR count). The van der Waals surface area contributed by atoms with Crippen molar-refractivity contribution in [3.05, 3.63) is 69.5 Å². The summed E-state index contributed by atoms with van der Waals surface area (Å²) >= 11 is 0. The lowest BCUT2D eigenvalue weighted by Crippen LogP contribution is -2.41. The van der Waals surface area contributed by atoms with E-state index in [9.17, 15) is 19.5 Å². The van der Waals surface area contributed by atoms with E-state index in [-0.39, 0.29) is 16.5 Å². The topological polar surface area (TPSA) is 84.5 Å². The molecule has 0 saturated heterocycles. The van der Waals surface area contributed by atoms with E-state index in [4.69, 9.17) is 0 Å². The second kappa shape index (κ2) is 7.72. The Labute approximate surface area is 162 Å². The van der Waals surface area contributed by atoms with E-state index in [1.54, 1.807) is 4.90 Å². The van der Waals surface area contributed by atoms with Gasteiger partial charge in [0.05, 0.1) is 16.5 Å². The van der Waals surface area contributed by atoms with Crippen LogP contribution < -0.4 is 5.56 Å². The van der Waals surface area contributed by atoms with Gasteiger partial charge in [0.2, 0.25) is 0 Å². The molecule has 0 unspecified atom stereocenters. The zero-order valence-corrected chi connectivity index (χ0v) is 16.2. The van der Waals surface area contributed by atoms with Crippen molar-refractivity contribution in [2.45, 2.75) is 26.8 Å². The van der Waals surface area contributed by atoms with Crippen molar-refractivity contribution in [3.63, 3.8) is 0 Å². The van der Waals surface area contributed by atoms with Crippen LogP contribution >= 0.6 is 0 Å². The number of hydrogen-bond donors (Lipinski definition) is 1. The summed E-state index contributed by atoms with van der Waals surface area (Å²) in [4.78, 5) is 39.2. The second-order valence-electron chi connectivity index (χ2n) is 6.57. The Bertz CT molecular complexity index is 1110. The number of carboxylic acids is 1. The predicted octanol–water partition coefficient (Wildman–Crippen LogP) is 3.09. The number of fused-ring (bicyclic) bond motifs is 1. The number of aromatic nitrogens is 2. The average molecular weight is 381 g/mol. The van der Waals surface area contributed by atoms with Crippen LogP contribution in [0.3, 0.4) is 0 Å². The molecule has 1 N–H and O–H groups in total. The molecule has 7 heteroatoms. The molecule has 0 bridgehead atoms. The van der Waals surface area contributed by atoms with Gasteiger partial charge in [-0.05, 0) is 36.6 Å². The van der Waals surface area contributed by atoms with E-state index in [0.717, 1.165) is 22.2 Å². The maximum atomic E-state index is 13.2. The first-order valence-electron chi connectivity index (χ1n) is 9.20. The lowest BCUT2D eigenvalue weighted by molar-refractivity contribution is 0.0698. The summed E-state index contributed by atoms with van der Waals surface area (Å²) in [6.07, 6.45) is 0.845. The Morgan fingerprint density at radius 1 is 1.04 bits per heavy atom. The minimum atomic E-state index is -1.14. The van der Waals surface area contributed by atoms with Crippen molar-refractivity contribution < 1.29 is 14.7 Å². The molecule has 1 aromatic heterocycles. The number of aromatic carboxylic acids is 1. The van der Waals surface area contributed by atoms with Crippen LogP contribution in [0.1, 0.15) is 35.3 Å². The molecule has 1 heterocycles. The summed E-state index contributed by atoms with van der Waals surface area (Å²) in [5.41, 5.74) is 1.87. The lowest BCUT2D eigenvalue weighted by atomic mass is 10.1. The quantitative estimate of drug-likeness (QED) is 0.736. The largest absolute Gasteiger partial charge is 0.478 e. The number of carboxylic acid groups (broad SMARTS) is 1. The molecule has 2 aromatic carbocycles. The van der Waals surface area contributed by atoms with Crippen LogP contribution in [0.25, 0.3) is 10.9 Å². The van der Waals surface area contributed by atoms with Gasteiger partial charge in [-0.25, -0.2) is 9.59 Å². The molecule has 0 fully saturated rings. The van der Waals surface area contributed by atoms with E-state index < -0.39 is 17.6 Å². The molecule has 146 valence electrons. The van der Waals surface area contributed by atoms with Gasteiger partial charge in [-0.1, -0.05) is 37.3 Å². The summed E-state index contributed by atoms with van der Waals surface area (Å²) in [5, 5.41) is 9.64. The van der Waals surface area contributed by atoms with Gasteiger partial charge in [0, 0.05) is 20.1 Å². The lowest BCUT2D eigenvalue weighted by Gasteiger charge is -2.23. The van der Waals surface area contributed by atoms with Crippen LogP contribution in [0.4, 0.5) is 4.79 Å². The molecular formula is C21H23N3O4. The maximum Gasteiger partial charge on any atom is 0.346 e. The number of rotatable bonds is 5. The van der Waals surface area contributed by atoms with Crippen LogP contribution in [0.5, 0.6) is 0 Å². The summed E-state index contributed by atoms with van der Waals surface area (Å²) in [6.45, 7) is 4.69. The first kappa shape index (κ1) is 19.4. The molecule has 3 aromatic rings. The van der Waals surface area contributed by atoms with Crippen LogP contribution in [-0.2, 0) is 20.0 Å². The van der Waals surface area contributed by atoms with Gasteiger partial charge in [0.25, 0.3) is 5.56 Å². The van der Waals surface area contributed by atoms with Crippen molar-refractivity contribution in [2.75, 3.05) is 6.54 Å².